The average Bonchev–Trinajstić information content (AvgIpc) is 3.00. The van der Waals surface area contributed by atoms with Gasteiger partial charge in [-0.2, -0.15) is 0 Å². The van der Waals surface area contributed by atoms with Gasteiger partial charge < -0.3 is 0 Å². The zero-order valence-corrected chi connectivity index (χ0v) is 21.1. The second kappa shape index (κ2) is 8.10. The van der Waals surface area contributed by atoms with Crippen LogP contribution in [0.15, 0.2) is 10.6 Å². The monoisotopic (exact) mass is 462 g/mol. The van der Waals surface area contributed by atoms with Crippen molar-refractivity contribution in [1.29, 1.82) is 0 Å². The first-order valence-electron chi connectivity index (χ1n) is 12.6. The first-order valence-corrected chi connectivity index (χ1v) is 13.4. The van der Waals surface area contributed by atoms with Gasteiger partial charge in [0.1, 0.15) is 0 Å². The maximum atomic E-state index is 12.3. The lowest BCUT2D eigenvalue weighted by Crippen LogP contribution is -2.52. The molecule has 0 aromatic heterocycles. The molecular weight excluding hydrogens is 420 g/mol. The van der Waals surface area contributed by atoms with Gasteiger partial charge in [0.15, 0.2) is 5.78 Å². The molecule has 8 atom stereocenters. The number of rotatable bonds is 5. The minimum absolute atomic E-state index is 0.234. The van der Waals surface area contributed by atoms with E-state index in [0.717, 1.165) is 46.4 Å². The predicted molar refractivity (Wildman–Crippen MR) is 126 cm³/mol. The summed E-state index contributed by atoms with van der Waals surface area (Å²) in [6, 6.07) is 0. The quantitative estimate of drug-likeness (QED) is 0.402. The highest BCUT2D eigenvalue weighted by molar-refractivity contribution is 9.12. The summed E-state index contributed by atoms with van der Waals surface area (Å²) in [7, 11) is 0. The maximum absolute atomic E-state index is 12.3. The third kappa shape index (κ3) is 3.72. The van der Waals surface area contributed by atoms with Gasteiger partial charge in [0.05, 0.1) is 4.48 Å². The molecule has 0 amide bonds. The van der Waals surface area contributed by atoms with E-state index >= 15 is 0 Å². The van der Waals surface area contributed by atoms with Crippen LogP contribution in [0.2, 0.25) is 0 Å². The Balaban J connectivity index is 1.51. The Morgan fingerprint density at radius 3 is 2.52 bits per heavy atom. The highest BCUT2D eigenvalue weighted by Crippen LogP contribution is 2.67. The molecule has 1 unspecified atom stereocenters. The fourth-order valence-corrected chi connectivity index (χ4v) is 9.37. The van der Waals surface area contributed by atoms with E-state index in [0.29, 0.717) is 17.1 Å². The zero-order chi connectivity index (χ0) is 21.0. The number of hydrogen-bond donors (Lipinski definition) is 0. The summed E-state index contributed by atoms with van der Waals surface area (Å²) in [4.78, 5) is 12.3. The number of carbonyl (C=O) groups excluding carboxylic acids is 1. The van der Waals surface area contributed by atoms with Crippen LogP contribution in [-0.4, -0.2) is 5.78 Å². The molecule has 0 aliphatic heterocycles. The predicted octanol–water partition coefficient (Wildman–Crippen LogP) is 8.18. The molecule has 4 aliphatic rings. The topological polar surface area (TPSA) is 17.1 Å². The van der Waals surface area contributed by atoms with Crippen molar-refractivity contribution in [3.05, 3.63) is 10.6 Å². The molecule has 0 aromatic carbocycles. The van der Waals surface area contributed by atoms with E-state index in [9.17, 15) is 4.79 Å². The Labute approximate surface area is 188 Å². The SMILES string of the molecule is CC(C)CCC[C@@H](C)[C@H]1CC[C@H]2[C@@H]3CCC4CC(=O)C(Br)=C[C@]4(C)[C@H]3CC[C@]12C. The Morgan fingerprint density at radius 1 is 1.03 bits per heavy atom. The number of hydrogen-bond acceptors (Lipinski definition) is 1. The number of fused-ring (bicyclic) bond motifs is 5. The molecule has 0 radical (unpaired) electrons. The summed E-state index contributed by atoms with van der Waals surface area (Å²) in [5.41, 5.74) is 0.797. The second-order valence-corrected chi connectivity index (χ2v) is 13.0. The van der Waals surface area contributed by atoms with Crippen molar-refractivity contribution >= 4 is 21.7 Å². The smallest absolute Gasteiger partial charge is 0.169 e. The zero-order valence-electron chi connectivity index (χ0n) is 19.5. The highest BCUT2D eigenvalue weighted by Gasteiger charge is 2.60. The van der Waals surface area contributed by atoms with E-state index in [2.05, 4.69) is 56.6 Å². The normalized spacial score (nSPS) is 45.4. The minimum atomic E-state index is 0.234. The third-order valence-electron chi connectivity index (χ3n) is 10.3. The molecule has 2 heteroatoms. The lowest BCUT2D eigenvalue weighted by molar-refractivity contribution is -0.123. The molecule has 4 rings (SSSR count). The lowest BCUT2D eigenvalue weighted by Gasteiger charge is -2.59. The molecule has 0 spiro atoms. The summed E-state index contributed by atoms with van der Waals surface area (Å²) in [5, 5.41) is 0. The fraction of sp³-hybridized carbons (Fsp3) is 0.889. The Hall–Kier alpha value is -0.110. The number of carbonyl (C=O) groups is 1. The molecule has 29 heavy (non-hydrogen) atoms. The van der Waals surface area contributed by atoms with Gasteiger partial charge >= 0.3 is 0 Å². The molecule has 4 aliphatic carbocycles. The fourth-order valence-electron chi connectivity index (χ4n) is 8.72. The molecule has 0 saturated heterocycles. The van der Waals surface area contributed by atoms with Gasteiger partial charge in [-0.15, -0.1) is 0 Å². The van der Waals surface area contributed by atoms with Gasteiger partial charge in [0.25, 0.3) is 0 Å². The highest BCUT2D eigenvalue weighted by atomic mass is 79.9. The van der Waals surface area contributed by atoms with Crippen molar-refractivity contribution in [3.8, 4) is 0 Å². The van der Waals surface area contributed by atoms with E-state index in [4.69, 9.17) is 0 Å². The van der Waals surface area contributed by atoms with E-state index in [1.54, 1.807) is 0 Å². The number of allylic oxidation sites excluding steroid dienone is 2. The number of Topliss-reactive ketones (excluding diaryl/α,β-unsaturated/α-hetero) is 1. The average molecular weight is 464 g/mol. The third-order valence-corrected chi connectivity index (χ3v) is 11.0. The summed E-state index contributed by atoms with van der Waals surface area (Å²) in [6.45, 7) is 12.5. The summed E-state index contributed by atoms with van der Waals surface area (Å²) in [5.74, 6) is 6.16. The van der Waals surface area contributed by atoms with Crippen molar-refractivity contribution in [2.75, 3.05) is 0 Å². The van der Waals surface area contributed by atoms with Crippen LogP contribution in [0, 0.1) is 52.3 Å². The summed E-state index contributed by atoms with van der Waals surface area (Å²) in [6.07, 6.45) is 15.7. The van der Waals surface area contributed by atoms with Gasteiger partial charge in [0, 0.05) is 6.42 Å². The molecule has 0 bridgehead atoms. The summed E-state index contributed by atoms with van der Waals surface area (Å²) < 4.78 is 0.869. The van der Waals surface area contributed by atoms with Crippen LogP contribution < -0.4 is 0 Å². The largest absolute Gasteiger partial charge is 0.294 e. The molecule has 0 heterocycles. The van der Waals surface area contributed by atoms with Crippen LogP contribution in [0.4, 0.5) is 0 Å². The molecule has 3 fully saturated rings. The molecule has 164 valence electrons. The Bertz CT molecular complexity index is 665. The maximum Gasteiger partial charge on any atom is 0.169 e. The van der Waals surface area contributed by atoms with E-state index in [-0.39, 0.29) is 5.41 Å². The van der Waals surface area contributed by atoms with Gasteiger partial charge in [-0.05, 0) is 107 Å². The van der Waals surface area contributed by atoms with Crippen LogP contribution in [0.5, 0.6) is 0 Å². The lowest BCUT2D eigenvalue weighted by atomic mass is 9.45. The first-order chi connectivity index (χ1) is 13.7. The standard InChI is InChI=1S/C27H43BrO/c1-17(2)7-6-8-18(3)21-11-12-22-20-10-9-19-15-25(29)24(28)16-27(19,5)23(20)13-14-26(21,22)4/h16-23H,6-15H2,1-5H3/t18-,19?,20+,21-,22+,23+,26-,27+/m1/s1. The second-order valence-electron chi connectivity index (χ2n) is 12.2. The Morgan fingerprint density at radius 2 is 1.79 bits per heavy atom. The van der Waals surface area contributed by atoms with Crippen molar-refractivity contribution < 1.29 is 4.79 Å². The van der Waals surface area contributed by atoms with Crippen LogP contribution >= 0.6 is 15.9 Å². The molecule has 3 saturated carbocycles. The van der Waals surface area contributed by atoms with E-state index < -0.39 is 0 Å². The van der Waals surface area contributed by atoms with Gasteiger partial charge in [-0.1, -0.05) is 60.0 Å². The van der Waals surface area contributed by atoms with Crippen LogP contribution in [0.25, 0.3) is 0 Å². The number of halogens is 1. The van der Waals surface area contributed by atoms with Gasteiger partial charge in [-0.3, -0.25) is 4.79 Å². The first kappa shape index (κ1) is 22.1. The molecule has 0 aromatic rings. The van der Waals surface area contributed by atoms with Gasteiger partial charge in [-0.25, -0.2) is 0 Å². The number of ketones is 1. The van der Waals surface area contributed by atoms with Crippen LogP contribution in [0.1, 0.15) is 98.8 Å². The van der Waals surface area contributed by atoms with E-state index in [1.807, 2.05) is 0 Å². The van der Waals surface area contributed by atoms with Crippen molar-refractivity contribution in [3.63, 3.8) is 0 Å². The van der Waals surface area contributed by atoms with Gasteiger partial charge in [0.2, 0.25) is 0 Å². The van der Waals surface area contributed by atoms with Crippen molar-refractivity contribution in [2.45, 2.75) is 98.8 Å². The molecule has 0 N–H and O–H groups in total. The minimum Gasteiger partial charge on any atom is -0.294 e. The van der Waals surface area contributed by atoms with Crippen molar-refractivity contribution in [1.82, 2.24) is 0 Å². The van der Waals surface area contributed by atoms with E-state index in [1.165, 1.54) is 57.8 Å². The van der Waals surface area contributed by atoms with Crippen LogP contribution in [0.3, 0.4) is 0 Å². The molecular formula is C27H43BrO. The van der Waals surface area contributed by atoms with Crippen LogP contribution in [-0.2, 0) is 4.79 Å². The molecule has 1 nitrogen and oxygen atoms in total. The Kier molecular flexibility index (Phi) is 6.17. The summed E-state index contributed by atoms with van der Waals surface area (Å²) >= 11 is 3.61. The van der Waals surface area contributed by atoms with Crippen molar-refractivity contribution in [2.24, 2.45) is 52.3 Å².